The molecule has 2 N–H and O–H groups in total. The summed E-state index contributed by atoms with van der Waals surface area (Å²) >= 11 is 0. The zero-order chi connectivity index (χ0) is 15.4. The second-order valence-electron chi connectivity index (χ2n) is 4.85. The van der Waals surface area contributed by atoms with Gasteiger partial charge in [0.05, 0.1) is 12.5 Å². The van der Waals surface area contributed by atoms with Crippen LogP contribution in [0.5, 0.6) is 0 Å². The number of hydrogen-bond donors (Lipinski definition) is 2. The van der Waals surface area contributed by atoms with Gasteiger partial charge < -0.3 is 15.5 Å². The van der Waals surface area contributed by atoms with Gasteiger partial charge in [-0.3, -0.25) is 9.59 Å². The minimum absolute atomic E-state index is 0. The van der Waals surface area contributed by atoms with Gasteiger partial charge in [0.25, 0.3) is 0 Å². The van der Waals surface area contributed by atoms with Crippen LogP contribution in [0.1, 0.15) is 6.92 Å². The number of halogens is 3. The second-order valence-corrected chi connectivity index (χ2v) is 4.85. The molecule has 0 spiro atoms. The molecule has 122 valence electrons. The van der Waals surface area contributed by atoms with Gasteiger partial charge in [0, 0.05) is 19.6 Å². The van der Waals surface area contributed by atoms with Gasteiger partial charge in [-0.05, 0) is 19.1 Å². The maximum absolute atomic E-state index is 13.4. The smallest absolute Gasteiger partial charge is 0.244 e. The Morgan fingerprint density at radius 1 is 1.32 bits per heavy atom. The van der Waals surface area contributed by atoms with Crippen LogP contribution < -0.4 is 10.6 Å². The van der Waals surface area contributed by atoms with Crippen LogP contribution in [-0.4, -0.2) is 42.9 Å². The van der Waals surface area contributed by atoms with E-state index >= 15 is 0 Å². The van der Waals surface area contributed by atoms with Crippen molar-refractivity contribution in [1.82, 2.24) is 10.2 Å². The van der Waals surface area contributed by atoms with E-state index in [4.69, 9.17) is 0 Å². The lowest BCUT2D eigenvalue weighted by molar-refractivity contribution is -0.139. The molecule has 1 aromatic carbocycles. The molecule has 1 aliphatic rings. The van der Waals surface area contributed by atoms with Crippen LogP contribution in [0, 0.1) is 17.6 Å². The number of anilines is 1. The van der Waals surface area contributed by atoms with E-state index in [1.54, 1.807) is 6.92 Å². The normalized spacial score (nSPS) is 13.8. The summed E-state index contributed by atoms with van der Waals surface area (Å²) in [5.74, 6) is -2.56. The molecule has 0 aromatic heterocycles. The van der Waals surface area contributed by atoms with Crippen molar-refractivity contribution in [3.05, 3.63) is 29.8 Å². The third-order valence-electron chi connectivity index (χ3n) is 3.39. The number of amides is 2. The van der Waals surface area contributed by atoms with E-state index in [1.807, 2.05) is 0 Å². The standard InChI is InChI=1S/C14H17F2N3O2.ClH/c1-2-19(14(21)9-6-17-7-9)8-12(20)18-13-10(15)4-3-5-11(13)16;/h3-5,9,17H,2,6-8H2,1H3,(H,18,20);1H. The average molecular weight is 334 g/mol. The van der Waals surface area contributed by atoms with Gasteiger partial charge >= 0.3 is 0 Å². The zero-order valence-corrected chi connectivity index (χ0v) is 12.9. The molecule has 1 saturated heterocycles. The number of carbonyl (C=O) groups is 2. The Balaban J connectivity index is 0.00000242. The van der Waals surface area contributed by atoms with Gasteiger partial charge in [0.15, 0.2) is 0 Å². The molecule has 1 aliphatic heterocycles. The van der Waals surface area contributed by atoms with E-state index in [1.165, 1.54) is 11.0 Å². The molecular weight excluding hydrogens is 316 g/mol. The highest BCUT2D eigenvalue weighted by molar-refractivity contribution is 5.95. The molecule has 1 heterocycles. The Hall–Kier alpha value is -1.73. The largest absolute Gasteiger partial charge is 0.333 e. The van der Waals surface area contributed by atoms with E-state index in [0.717, 1.165) is 12.1 Å². The molecule has 0 atom stereocenters. The van der Waals surface area contributed by atoms with Crippen LogP contribution in [0.2, 0.25) is 0 Å². The highest BCUT2D eigenvalue weighted by atomic mass is 35.5. The summed E-state index contributed by atoms with van der Waals surface area (Å²) in [6.07, 6.45) is 0. The first-order valence-corrected chi connectivity index (χ1v) is 6.76. The third-order valence-corrected chi connectivity index (χ3v) is 3.39. The molecule has 0 unspecified atom stereocenters. The molecule has 1 aromatic rings. The number of para-hydroxylation sites is 1. The summed E-state index contributed by atoms with van der Waals surface area (Å²) in [6.45, 7) is 3.08. The lowest BCUT2D eigenvalue weighted by Crippen LogP contribution is -2.53. The Kier molecular flexibility index (Phi) is 6.70. The molecular formula is C14H18ClF2N3O2. The fourth-order valence-corrected chi connectivity index (χ4v) is 2.04. The van der Waals surface area contributed by atoms with Crippen molar-refractivity contribution in [1.29, 1.82) is 0 Å². The summed E-state index contributed by atoms with van der Waals surface area (Å²) < 4.78 is 26.9. The summed E-state index contributed by atoms with van der Waals surface area (Å²) in [6, 6.07) is 3.33. The molecule has 0 radical (unpaired) electrons. The van der Waals surface area contributed by atoms with E-state index in [0.29, 0.717) is 19.6 Å². The highest BCUT2D eigenvalue weighted by Gasteiger charge is 2.29. The quantitative estimate of drug-likeness (QED) is 0.856. The SMILES string of the molecule is CCN(CC(=O)Nc1c(F)cccc1F)C(=O)C1CNC1.Cl. The average Bonchev–Trinajstić information content (AvgIpc) is 2.38. The minimum atomic E-state index is -0.846. The van der Waals surface area contributed by atoms with Gasteiger partial charge in [-0.25, -0.2) is 8.78 Å². The summed E-state index contributed by atoms with van der Waals surface area (Å²) in [4.78, 5) is 25.3. The first-order valence-electron chi connectivity index (χ1n) is 6.76. The number of hydrogen-bond acceptors (Lipinski definition) is 3. The van der Waals surface area contributed by atoms with Crippen molar-refractivity contribution in [2.24, 2.45) is 5.92 Å². The zero-order valence-electron chi connectivity index (χ0n) is 12.1. The first-order chi connectivity index (χ1) is 10.0. The number of carbonyl (C=O) groups excluding carboxylic acids is 2. The predicted molar refractivity (Wildman–Crippen MR) is 80.8 cm³/mol. The van der Waals surface area contributed by atoms with Gasteiger partial charge in [-0.2, -0.15) is 0 Å². The third kappa shape index (κ3) is 4.14. The van der Waals surface area contributed by atoms with Gasteiger partial charge in [0.1, 0.15) is 17.3 Å². The number of benzene rings is 1. The van der Waals surface area contributed by atoms with Crippen molar-refractivity contribution in [3.63, 3.8) is 0 Å². The van der Waals surface area contributed by atoms with Crippen LogP contribution in [-0.2, 0) is 9.59 Å². The summed E-state index contributed by atoms with van der Waals surface area (Å²) in [7, 11) is 0. The lowest BCUT2D eigenvalue weighted by atomic mass is 10.0. The van der Waals surface area contributed by atoms with Crippen molar-refractivity contribution in [2.75, 3.05) is 31.5 Å². The van der Waals surface area contributed by atoms with E-state index in [2.05, 4.69) is 10.6 Å². The predicted octanol–water partition coefficient (Wildman–Crippen LogP) is 1.39. The highest BCUT2D eigenvalue weighted by Crippen LogP contribution is 2.18. The first kappa shape index (κ1) is 18.3. The number of rotatable bonds is 5. The van der Waals surface area contributed by atoms with E-state index in [-0.39, 0.29) is 30.8 Å². The molecule has 0 bridgehead atoms. The van der Waals surface area contributed by atoms with Crippen molar-refractivity contribution in [3.8, 4) is 0 Å². The number of nitrogens with one attached hydrogen (secondary N) is 2. The summed E-state index contributed by atoms with van der Waals surface area (Å²) in [5.41, 5.74) is -0.490. The molecule has 2 amide bonds. The van der Waals surface area contributed by atoms with Gasteiger partial charge in [0.2, 0.25) is 11.8 Å². The van der Waals surface area contributed by atoms with Crippen LogP contribution in [0.4, 0.5) is 14.5 Å². The van der Waals surface area contributed by atoms with Crippen molar-refractivity contribution in [2.45, 2.75) is 6.92 Å². The summed E-state index contributed by atoms with van der Waals surface area (Å²) in [5, 5.41) is 5.16. The minimum Gasteiger partial charge on any atom is -0.333 e. The molecule has 5 nitrogen and oxygen atoms in total. The van der Waals surface area contributed by atoms with E-state index in [9.17, 15) is 18.4 Å². The molecule has 0 saturated carbocycles. The number of likely N-dealkylation sites (N-methyl/N-ethyl adjacent to an activating group) is 1. The molecule has 22 heavy (non-hydrogen) atoms. The van der Waals surface area contributed by atoms with E-state index < -0.39 is 23.2 Å². The fourth-order valence-electron chi connectivity index (χ4n) is 2.04. The van der Waals surface area contributed by atoms with Crippen LogP contribution >= 0.6 is 12.4 Å². The Labute approximate surface area is 133 Å². The van der Waals surface area contributed by atoms with Gasteiger partial charge in [-0.1, -0.05) is 6.07 Å². The van der Waals surface area contributed by atoms with Crippen LogP contribution in [0.25, 0.3) is 0 Å². The fraction of sp³-hybridized carbons (Fsp3) is 0.429. The molecule has 1 fully saturated rings. The maximum Gasteiger partial charge on any atom is 0.244 e. The Morgan fingerprint density at radius 2 is 1.91 bits per heavy atom. The second kappa shape index (κ2) is 8.05. The molecule has 0 aliphatic carbocycles. The lowest BCUT2D eigenvalue weighted by Gasteiger charge is -2.31. The Bertz CT molecular complexity index is 533. The molecule has 2 rings (SSSR count). The monoisotopic (exact) mass is 333 g/mol. The Morgan fingerprint density at radius 3 is 2.36 bits per heavy atom. The van der Waals surface area contributed by atoms with Crippen LogP contribution in [0.15, 0.2) is 18.2 Å². The molecule has 8 heteroatoms. The van der Waals surface area contributed by atoms with Gasteiger partial charge in [-0.15, -0.1) is 12.4 Å². The maximum atomic E-state index is 13.4. The van der Waals surface area contributed by atoms with Crippen molar-refractivity contribution < 1.29 is 18.4 Å². The topological polar surface area (TPSA) is 61.4 Å². The number of nitrogens with zero attached hydrogens (tertiary/aromatic N) is 1. The van der Waals surface area contributed by atoms with Crippen LogP contribution in [0.3, 0.4) is 0 Å². The van der Waals surface area contributed by atoms with Crippen molar-refractivity contribution >= 4 is 29.9 Å².